The molecule has 0 amide bonds. The van der Waals surface area contributed by atoms with Crippen LogP contribution in [0, 0.1) is 5.92 Å². The van der Waals surface area contributed by atoms with Gasteiger partial charge in [-0.05, 0) is 19.3 Å². The molecule has 0 saturated carbocycles. The molecule has 0 heterocycles. The van der Waals surface area contributed by atoms with Crippen molar-refractivity contribution in [1.82, 2.24) is 5.43 Å². The Kier molecular flexibility index (Phi) is 2.85. The first kappa shape index (κ1) is 8.50. The van der Waals surface area contributed by atoms with Gasteiger partial charge in [-0.25, -0.2) is 0 Å². The van der Waals surface area contributed by atoms with Crippen LogP contribution in [0.5, 0.6) is 0 Å². The Bertz CT molecular complexity index is 182. The zero-order valence-electron chi connectivity index (χ0n) is 7.17. The largest absolute Gasteiger partial charge is 0.271 e. The lowest BCUT2D eigenvalue weighted by Gasteiger charge is -2.15. The zero-order valence-corrected chi connectivity index (χ0v) is 7.17. The van der Waals surface area contributed by atoms with E-state index in [0.29, 0.717) is 12.0 Å². The van der Waals surface area contributed by atoms with Gasteiger partial charge < -0.3 is 0 Å². The average molecular weight is 152 g/mol. The van der Waals surface area contributed by atoms with Crippen LogP contribution in [0.3, 0.4) is 0 Å². The highest BCUT2D eigenvalue weighted by atomic mass is 15.2. The summed E-state index contributed by atoms with van der Waals surface area (Å²) in [4.78, 5) is 0. The van der Waals surface area contributed by atoms with Gasteiger partial charge in [0.1, 0.15) is 0 Å². The van der Waals surface area contributed by atoms with Crippen molar-refractivity contribution in [3.8, 4) is 0 Å². The smallest absolute Gasteiger partial charge is 0.0399 e. The molecule has 0 bridgehead atoms. The highest BCUT2D eigenvalue weighted by Gasteiger charge is 2.11. The molecule has 0 aromatic carbocycles. The van der Waals surface area contributed by atoms with Crippen LogP contribution in [0.15, 0.2) is 23.8 Å². The molecule has 2 unspecified atom stereocenters. The quantitative estimate of drug-likeness (QED) is 0.440. The Morgan fingerprint density at radius 3 is 3.00 bits per heavy atom. The van der Waals surface area contributed by atoms with E-state index in [9.17, 15) is 0 Å². The van der Waals surface area contributed by atoms with Gasteiger partial charge in [-0.15, -0.1) is 0 Å². The molecule has 0 spiro atoms. The van der Waals surface area contributed by atoms with Crippen LogP contribution in [0.1, 0.15) is 20.3 Å². The minimum atomic E-state index is 0.332. The summed E-state index contributed by atoms with van der Waals surface area (Å²) in [5.74, 6) is 5.99. The van der Waals surface area contributed by atoms with E-state index in [1.807, 2.05) is 0 Å². The first-order chi connectivity index (χ1) is 5.24. The molecular formula is C9H16N2. The number of hydrogen-bond acceptors (Lipinski definition) is 2. The highest BCUT2D eigenvalue weighted by molar-refractivity contribution is 5.18. The summed E-state index contributed by atoms with van der Waals surface area (Å²) < 4.78 is 0. The van der Waals surface area contributed by atoms with Gasteiger partial charge in [0.25, 0.3) is 0 Å². The molecule has 3 N–H and O–H groups in total. The number of nitrogens with two attached hydrogens (primary N) is 1. The minimum Gasteiger partial charge on any atom is -0.271 e. The summed E-state index contributed by atoms with van der Waals surface area (Å²) in [7, 11) is 0. The fourth-order valence-electron chi connectivity index (χ4n) is 1.27. The standard InChI is InChI=1S/C9H16N2/c1-7-4-3-5-9(11-10)6-8(7)2/h3-5,8-9,11H,6,10H2,1-2H3. The predicted octanol–water partition coefficient (Wildman–Crippen LogP) is 1.36. The first-order valence-electron chi connectivity index (χ1n) is 4.05. The third-order valence-corrected chi connectivity index (χ3v) is 2.30. The van der Waals surface area contributed by atoms with Gasteiger partial charge in [-0.3, -0.25) is 11.3 Å². The molecule has 0 aliphatic heterocycles. The number of allylic oxidation sites excluding steroid dienone is 3. The summed E-state index contributed by atoms with van der Waals surface area (Å²) >= 11 is 0. The van der Waals surface area contributed by atoms with Crippen molar-refractivity contribution in [2.45, 2.75) is 26.3 Å². The molecule has 0 fully saturated rings. The summed E-state index contributed by atoms with van der Waals surface area (Å²) in [6, 6.07) is 0.332. The van der Waals surface area contributed by atoms with Crippen LogP contribution in [-0.2, 0) is 0 Å². The lowest BCUT2D eigenvalue weighted by atomic mass is 9.97. The van der Waals surface area contributed by atoms with Crippen LogP contribution < -0.4 is 11.3 Å². The molecule has 0 radical (unpaired) electrons. The Hall–Kier alpha value is -0.600. The minimum absolute atomic E-state index is 0.332. The lowest BCUT2D eigenvalue weighted by molar-refractivity contribution is 0.501. The summed E-state index contributed by atoms with van der Waals surface area (Å²) in [6.45, 7) is 4.39. The molecular weight excluding hydrogens is 136 g/mol. The van der Waals surface area contributed by atoms with Crippen LogP contribution in [0.2, 0.25) is 0 Å². The Morgan fingerprint density at radius 2 is 2.36 bits per heavy atom. The zero-order chi connectivity index (χ0) is 8.27. The van der Waals surface area contributed by atoms with Gasteiger partial charge in [-0.2, -0.15) is 0 Å². The summed E-state index contributed by atoms with van der Waals surface area (Å²) in [6.07, 6.45) is 7.42. The molecule has 0 aromatic rings. The molecule has 1 rings (SSSR count). The van der Waals surface area contributed by atoms with Crippen LogP contribution >= 0.6 is 0 Å². The average Bonchev–Trinajstić information content (AvgIpc) is 2.15. The van der Waals surface area contributed by atoms with E-state index in [1.54, 1.807) is 0 Å². The van der Waals surface area contributed by atoms with Gasteiger partial charge in [0.2, 0.25) is 0 Å². The van der Waals surface area contributed by atoms with E-state index in [4.69, 9.17) is 5.84 Å². The van der Waals surface area contributed by atoms with Gasteiger partial charge in [0, 0.05) is 6.04 Å². The lowest BCUT2D eigenvalue weighted by Crippen LogP contribution is -2.34. The Morgan fingerprint density at radius 1 is 1.64 bits per heavy atom. The number of nitrogens with one attached hydrogen (secondary N) is 1. The van der Waals surface area contributed by atoms with Crippen molar-refractivity contribution in [3.05, 3.63) is 23.8 Å². The summed E-state index contributed by atoms with van der Waals surface area (Å²) in [5.41, 5.74) is 4.20. The van der Waals surface area contributed by atoms with Crippen molar-refractivity contribution in [2.75, 3.05) is 0 Å². The van der Waals surface area contributed by atoms with Crippen molar-refractivity contribution in [3.63, 3.8) is 0 Å². The number of hydrazine groups is 1. The fourth-order valence-corrected chi connectivity index (χ4v) is 1.27. The van der Waals surface area contributed by atoms with Crippen LogP contribution in [-0.4, -0.2) is 6.04 Å². The van der Waals surface area contributed by atoms with Gasteiger partial charge in [0.15, 0.2) is 0 Å². The van der Waals surface area contributed by atoms with E-state index in [1.165, 1.54) is 5.57 Å². The van der Waals surface area contributed by atoms with E-state index in [2.05, 4.69) is 37.5 Å². The maximum Gasteiger partial charge on any atom is 0.0399 e. The van der Waals surface area contributed by atoms with E-state index in [0.717, 1.165) is 6.42 Å². The second-order valence-corrected chi connectivity index (χ2v) is 3.21. The van der Waals surface area contributed by atoms with Gasteiger partial charge >= 0.3 is 0 Å². The molecule has 1 aliphatic rings. The molecule has 0 saturated heterocycles. The van der Waals surface area contributed by atoms with Crippen molar-refractivity contribution in [1.29, 1.82) is 0 Å². The van der Waals surface area contributed by atoms with E-state index in [-0.39, 0.29) is 0 Å². The van der Waals surface area contributed by atoms with Crippen molar-refractivity contribution >= 4 is 0 Å². The van der Waals surface area contributed by atoms with Gasteiger partial charge in [0.05, 0.1) is 0 Å². The molecule has 62 valence electrons. The highest BCUT2D eigenvalue weighted by Crippen LogP contribution is 2.19. The van der Waals surface area contributed by atoms with Gasteiger partial charge in [-0.1, -0.05) is 30.7 Å². The van der Waals surface area contributed by atoms with Crippen LogP contribution in [0.4, 0.5) is 0 Å². The second-order valence-electron chi connectivity index (χ2n) is 3.21. The molecule has 2 heteroatoms. The van der Waals surface area contributed by atoms with Crippen molar-refractivity contribution in [2.24, 2.45) is 11.8 Å². The molecule has 2 nitrogen and oxygen atoms in total. The third-order valence-electron chi connectivity index (χ3n) is 2.30. The molecule has 11 heavy (non-hydrogen) atoms. The summed E-state index contributed by atoms with van der Waals surface area (Å²) in [5, 5.41) is 0. The van der Waals surface area contributed by atoms with Crippen molar-refractivity contribution < 1.29 is 0 Å². The normalized spacial score (nSPS) is 31.4. The monoisotopic (exact) mass is 152 g/mol. The Balaban J connectivity index is 2.62. The molecule has 0 aromatic heterocycles. The number of hydrogen-bond donors (Lipinski definition) is 2. The first-order valence-corrected chi connectivity index (χ1v) is 4.05. The van der Waals surface area contributed by atoms with E-state index < -0.39 is 0 Å². The number of rotatable bonds is 1. The molecule has 2 atom stereocenters. The van der Waals surface area contributed by atoms with Crippen LogP contribution in [0.25, 0.3) is 0 Å². The third kappa shape index (κ3) is 2.17. The maximum absolute atomic E-state index is 5.36. The fraction of sp³-hybridized carbons (Fsp3) is 0.556. The van der Waals surface area contributed by atoms with E-state index >= 15 is 0 Å². The topological polar surface area (TPSA) is 38.0 Å². The molecule has 1 aliphatic carbocycles. The SMILES string of the molecule is CC1=CC=CC(NN)CC1C. The Labute approximate surface area is 68.1 Å². The predicted molar refractivity (Wildman–Crippen MR) is 47.8 cm³/mol. The second kappa shape index (κ2) is 3.69. The maximum atomic E-state index is 5.36.